The van der Waals surface area contributed by atoms with Gasteiger partial charge in [0.05, 0.1) is 0 Å². The summed E-state index contributed by atoms with van der Waals surface area (Å²) in [6, 6.07) is 7.51. The minimum absolute atomic E-state index is 0.583. The summed E-state index contributed by atoms with van der Waals surface area (Å²) in [5, 5.41) is 6.81. The monoisotopic (exact) mass is 248 g/mol. The highest BCUT2D eigenvalue weighted by molar-refractivity contribution is 6.30. The van der Waals surface area contributed by atoms with Gasteiger partial charge in [-0.25, -0.2) is 4.98 Å². The molecule has 5 heteroatoms. The largest absolute Gasteiger partial charge is 0.357 e. The molecule has 17 heavy (non-hydrogen) atoms. The summed E-state index contributed by atoms with van der Waals surface area (Å²) in [7, 11) is 1.79. The van der Waals surface area contributed by atoms with Crippen LogP contribution in [-0.4, -0.2) is 17.0 Å². The lowest BCUT2D eigenvalue weighted by atomic mass is 10.3. The maximum Gasteiger partial charge on any atom is 0.224 e. The Labute approximate surface area is 105 Å². The number of hydrogen-bond acceptors (Lipinski definition) is 4. The number of benzene rings is 1. The highest BCUT2D eigenvalue weighted by Crippen LogP contribution is 2.21. The Morgan fingerprint density at radius 2 is 2.12 bits per heavy atom. The molecule has 2 aromatic rings. The fourth-order valence-corrected chi connectivity index (χ4v) is 1.58. The van der Waals surface area contributed by atoms with E-state index in [0.717, 1.165) is 17.1 Å². The van der Waals surface area contributed by atoms with Crippen molar-refractivity contribution in [3.05, 3.63) is 41.0 Å². The van der Waals surface area contributed by atoms with Crippen molar-refractivity contribution < 1.29 is 0 Å². The van der Waals surface area contributed by atoms with Crippen molar-refractivity contribution in [2.75, 3.05) is 17.7 Å². The third-order valence-electron chi connectivity index (χ3n) is 2.28. The first-order valence-corrected chi connectivity index (χ1v) is 5.61. The van der Waals surface area contributed by atoms with Crippen LogP contribution in [0.1, 0.15) is 5.56 Å². The lowest BCUT2D eigenvalue weighted by Crippen LogP contribution is -2.02. The Morgan fingerprint density at radius 1 is 1.29 bits per heavy atom. The molecule has 2 rings (SSSR count). The van der Waals surface area contributed by atoms with Crippen LogP contribution in [0.15, 0.2) is 30.5 Å². The number of nitrogens with zero attached hydrogens (tertiary/aromatic N) is 2. The molecule has 1 aromatic heterocycles. The molecule has 0 atom stereocenters. The average molecular weight is 249 g/mol. The molecule has 0 unspecified atom stereocenters. The van der Waals surface area contributed by atoms with E-state index in [-0.39, 0.29) is 0 Å². The highest BCUT2D eigenvalue weighted by Gasteiger charge is 2.03. The zero-order chi connectivity index (χ0) is 12.3. The van der Waals surface area contributed by atoms with Crippen molar-refractivity contribution in [3.8, 4) is 0 Å². The molecule has 88 valence electrons. The summed E-state index contributed by atoms with van der Waals surface area (Å²) in [5.41, 5.74) is 1.88. The third-order valence-corrected chi connectivity index (χ3v) is 2.52. The smallest absolute Gasteiger partial charge is 0.224 e. The molecule has 0 aliphatic carbocycles. The van der Waals surface area contributed by atoms with Gasteiger partial charge in [-0.05, 0) is 25.1 Å². The topological polar surface area (TPSA) is 49.8 Å². The average Bonchev–Trinajstić information content (AvgIpc) is 2.32. The Bertz CT molecular complexity index is 528. The van der Waals surface area contributed by atoms with Crippen LogP contribution in [0.2, 0.25) is 5.02 Å². The SMILES string of the molecule is CNc1ncc(C)c(Nc2cccc(Cl)c2)n1. The van der Waals surface area contributed by atoms with Gasteiger partial charge in [0.25, 0.3) is 0 Å². The van der Waals surface area contributed by atoms with Crippen molar-refractivity contribution in [2.24, 2.45) is 0 Å². The normalized spacial score (nSPS) is 10.1. The molecule has 4 nitrogen and oxygen atoms in total. The highest BCUT2D eigenvalue weighted by atomic mass is 35.5. The first kappa shape index (κ1) is 11.7. The van der Waals surface area contributed by atoms with Crippen LogP contribution in [0.25, 0.3) is 0 Å². The lowest BCUT2D eigenvalue weighted by molar-refractivity contribution is 1.12. The van der Waals surface area contributed by atoms with Gasteiger partial charge in [-0.1, -0.05) is 17.7 Å². The summed E-state index contributed by atoms with van der Waals surface area (Å²) in [6.07, 6.45) is 1.77. The Kier molecular flexibility index (Phi) is 3.44. The van der Waals surface area contributed by atoms with Gasteiger partial charge in [-0.15, -0.1) is 0 Å². The van der Waals surface area contributed by atoms with Crippen LogP contribution >= 0.6 is 11.6 Å². The zero-order valence-corrected chi connectivity index (χ0v) is 10.4. The van der Waals surface area contributed by atoms with Crippen molar-refractivity contribution in [1.29, 1.82) is 0 Å². The van der Waals surface area contributed by atoms with Crippen LogP contribution in [0, 0.1) is 6.92 Å². The minimum atomic E-state index is 0.583. The van der Waals surface area contributed by atoms with E-state index in [2.05, 4.69) is 20.6 Å². The van der Waals surface area contributed by atoms with Crippen molar-refractivity contribution in [2.45, 2.75) is 6.92 Å². The van der Waals surface area contributed by atoms with Gasteiger partial charge < -0.3 is 10.6 Å². The number of nitrogens with one attached hydrogen (secondary N) is 2. The minimum Gasteiger partial charge on any atom is -0.357 e. The van der Waals surface area contributed by atoms with E-state index in [4.69, 9.17) is 11.6 Å². The van der Waals surface area contributed by atoms with Gasteiger partial charge in [0, 0.05) is 29.5 Å². The lowest BCUT2D eigenvalue weighted by Gasteiger charge is -2.09. The van der Waals surface area contributed by atoms with E-state index in [9.17, 15) is 0 Å². The number of hydrogen-bond donors (Lipinski definition) is 2. The van der Waals surface area contributed by atoms with Crippen molar-refractivity contribution in [1.82, 2.24) is 9.97 Å². The standard InChI is InChI=1S/C12H13ClN4/c1-8-7-15-12(14-2)17-11(8)16-10-5-3-4-9(13)6-10/h3-7H,1-2H3,(H2,14,15,16,17). The molecule has 0 aliphatic rings. The first-order valence-electron chi connectivity index (χ1n) is 5.23. The quantitative estimate of drug-likeness (QED) is 0.876. The third kappa shape index (κ3) is 2.85. The summed E-state index contributed by atoms with van der Waals surface area (Å²) >= 11 is 5.92. The van der Waals surface area contributed by atoms with Gasteiger partial charge in [-0.2, -0.15) is 4.98 Å². The van der Waals surface area contributed by atoms with E-state index < -0.39 is 0 Å². The van der Waals surface area contributed by atoms with Crippen LogP contribution in [0.4, 0.5) is 17.5 Å². The Hall–Kier alpha value is -1.81. The van der Waals surface area contributed by atoms with Gasteiger partial charge >= 0.3 is 0 Å². The zero-order valence-electron chi connectivity index (χ0n) is 9.66. The van der Waals surface area contributed by atoms with Gasteiger partial charge in [0.2, 0.25) is 5.95 Å². The molecule has 0 bridgehead atoms. The van der Waals surface area contributed by atoms with E-state index in [1.165, 1.54) is 0 Å². The maximum atomic E-state index is 5.92. The molecule has 1 heterocycles. The van der Waals surface area contributed by atoms with E-state index in [1.54, 1.807) is 13.2 Å². The molecule has 0 spiro atoms. The van der Waals surface area contributed by atoms with Crippen LogP contribution < -0.4 is 10.6 Å². The van der Waals surface area contributed by atoms with Crippen LogP contribution in [-0.2, 0) is 0 Å². The van der Waals surface area contributed by atoms with Gasteiger partial charge in [-0.3, -0.25) is 0 Å². The second kappa shape index (κ2) is 5.01. The number of rotatable bonds is 3. The maximum absolute atomic E-state index is 5.92. The second-order valence-corrected chi connectivity index (χ2v) is 4.05. The summed E-state index contributed by atoms with van der Waals surface area (Å²) in [4.78, 5) is 8.47. The van der Waals surface area contributed by atoms with Crippen molar-refractivity contribution >= 4 is 29.1 Å². The predicted molar refractivity (Wildman–Crippen MR) is 71.1 cm³/mol. The Morgan fingerprint density at radius 3 is 2.82 bits per heavy atom. The Balaban J connectivity index is 2.29. The molecule has 0 fully saturated rings. The molecule has 0 saturated carbocycles. The number of anilines is 3. The van der Waals surface area contributed by atoms with E-state index >= 15 is 0 Å². The number of halogens is 1. The van der Waals surface area contributed by atoms with Crippen LogP contribution in [0.5, 0.6) is 0 Å². The van der Waals surface area contributed by atoms with Gasteiger partial charge in [0.15, 0.2) is 0 Å². The number of aromatic nitrogens is 2. The van der Waals surface area contributed by atoms with Gasteiger partial charge in [0.1, 0.15) is 5.82 Å². The fourth-order valence-electron chi connectivity index (χ4n) is 1.39. The first-order chi connectivity index (χ1) is 8.19. The van der Waals surface area contributed by atoms with Crippen LogP contribution in [0.3, 0.4) is 0 Å². The molecular weight excluding hydrogens is 236 g/mol. The molecule has 0 saturated heterocycles. The molecule has 0 radical (unpaired) electrons. The van der Waals surface area contributed by atoms with E-state index in [0.29, 0.717) is 11.0 Å². The van der Waals surface area contributed by atoms with E-state index in [1.807, 2.05) is 31.2 Å². The fraction of sp³-hybridized carbons (Fsp3) is 0.167. The molecule has 0 aliphatic heterocycles. The van der Waals surface area contributed by atoms with Crippen molar-refractivity contribution in [3.63, 3.8) is 0 Å². The predicted octanol–water partition coefficient (Wildman–Crippen LogP) is 3.22. The molecule has 2 N–H and O–H groups in total. The summed E-state index contributed by atoms with van der Waals surface area (Å²) < 4.78 is 0. The summed E-state index contributed by atoms with van der Waals surface area (Å²) in [5.74, 6) is 1.35. The summed E-state index contributed by atoms with van der Waals surface area (Å²) in [6.45, 7) is 1.95. The second-order valence-electron chi connectivity index (χ2n) is 3.61. The molecular formula is C12H13ClN4. The number of aryl methyl sites for hydroxylation is 1. The molecule has 1 aromatic carbocycles. The molecule has 0 amide bonds.